The van der Waals surface area contributed by atoms with E-state index in [0.29, 0.717) is 34.1 Å². The normalized spacial score (nSPS) is 14.9. The van der Waals surface area contributed by atoms with Gasteiger partial charge in [0.1, 0.15) is 0 Å². The molecule has 0 atom stereocenters. The molecule has 0 N–H and O–H groups in total. The SMILES string of the molecule is [2H]c1c([2H])c([2H])c2c(c1[2H])c1c([2H])c([2H])c([2H])c([2H])c1n2-c1ccc2c(c1)N(c1ccc(-c3ccccc3)cc1)c1cc3c(c4c1B2c1ccc(-n2c5c([2H])c([2H])c([2H])c([2H])c5c5c([2H])c([2H])c([2H])c([2H])c52)cc1N4c1c(-c2ccccc2)cc(C(C)(C)C)cc1-c1ccccc1)c1cccc2c4ccccc4c4ccccc4c4ccccc4n3c21. The highest BCUT2D eigenvalue weighted by Crippen LogP contribution is 2.56. The van der Waals surface area contributed by atoms with E-state index in [1.165, 1.54) is 0 Å². The number of anilines is 6. The van der Waals surface area contributed by atoms with Gasteiger partial charge in [-0.1, -0.05) is 293 Å². The van der Waals surface area contributed by atoms with Gasteiger partial charge >= 0.3 is 0 Å². The molecule has 6 heteroatoms. The molecule has 0 aliphatic carbocycles. The van der Waals surface area contributed by atoms with E-state index in [4.69, 9.17) is 2.74 Å². The van der Waals surface area contributed by atoms with Crippen LogP contribution in [-0.2, 0) is 5.41 Å². The highest BCUT2D eigenvalue weighted by atomic mass is 15.2. The van der Waals surface area contributed by atoms with Gasteiger partial charge in [-0.25, -0.2) is 0 Å². The molecular formula is C100H68BN5. The van der Waals surface area contributed by atoms with E-state index in [-0.39, 0.29) is 43.6 Å². The van der Waals surface area contributed by atoms with Gasteiger partial charge in [0.2, 0.25) is 0 Å². The van der Waals surface area contributed by atoms with Gasteiger partial charge in [0.05, 0.1) is 71.9 Å². The first-order chi connectivity index (χ1) is 58.9. The van der Waals surface area contributed by atoms with Crippen molar-refractivity contribution in [2.24, 2.45) is 0 Å². The van der Waals surface area contributed by atoms with Gasteiger partial charge in [0, 0.05) is 88.3 Å². The predicted molar refractivity (Wildman–Crippen MR) is 451 cm³/mol. The molecule has 0 saturated heterocycles. The molecule has 106 heavy (non-hydrogen) atoms. The van der Waals surface area contributed by atoms with Crippen molar-refractivity contribution in [1.29, 1.82) is 0 Å². The highest BCUT2D eigenvalue weighted by molar-refractivity contribution is 7.00. The van der Waals surface area contributed by atoms with Gasteiger partial charge in [-0.05, 0) is 156 Å². The van der Waals surface area contributed by atoms with Gasteiger partial charge in [-0.15, -0.1) is 0 Å². The number of para-hydroxylation sites is 6. The fourth-order valence-electron chi connectivity index (χ4n) is 17.4. The number of benzene rings is 16. The molecule has 496 valence electrons. The Bertz CT molecular complexity index is 7930. The summed E-state index contributed by atoms with van der Waals surface area (Å²) in [5.41, 5.74) is 15.3. The third kappa shape index (κ3) is 8.79. The number of fused-ring (bicyclic) bond motifs is 21. The van der Waals surface area contributed by atoms with Crippen LogP contribution in [-0.4, -0.2) is 20.2 Å². The zero-order chi connectivity index (χ0) is 84.0. The van der Waals surface area contributed by atoms with Crippen molar-refractivity contribution in [3.8, 4) is 44.8 Å². The van der Waals surface area contributed by atoms with Crippen LogP contribution in [0.15, 0.2) is 358 Å². The Morgan fingerprint density at radius 1 is 0.292 bits per heavy atom. The average Bonchev–Trinajstić information content (AvgIpc) is 1.19. The third-order valence-corrected chi connectivity index (χ3v) is 22.0. The Kier molecular flexibility index (Phi) is 10.1. The summed E-state index contributed by atoms with van der Waals surface area (Å²) in [5, 5.41) is 7.37. The fourth-order valence-corrected chi connectivity index (χ4v) is 17.4. The molecule has 0 unspecified atom stereocenters. The molecule has 0 radical (unpaired) electrons. The monoisotopic (exact) mass is 1370 g/mol. The second-order valence-corrected chi connectivity index (χ2v) is 28.7. The number of aromatic nitrogens is 3. The van der Waals surface area contributed by atoms with Gasteiger partial charge in [-0.2, -0.15) is 0 Å². The number of rotatable bonds is 7. The minimum atomic E-state index is -0.816. The molecule has 0 bridgehead atoms. The summed E-state index contributed by atoms with van der Waals surface area (Å²) in [4.78, 5) is 4.66. The van der Waals surface area contributed by atoms with Crippen LogP contribution in [0.25, 0.3) is 148 Å². The van der Waals surface area contributed by atoms with E-state index < -0.39 is 109 Å². The fraction of sp³-hybridized carbons (Fsp3) is 0.0400. The summed E-state index contributed by atoms with van der Waals surface area (Å²) in [6, 6.07) is 81.8. The zero-order valence-corrected chi connectivity index (χ0v) is 57.6. The van der Waals surface area contributed by atoms with Crippen LogP contribution in [0.2, 0.25) is 0 Å². The second-order valence-electron chi connectivity index (χ2n) is 28.7. The maximum Gasteiger partial charge on any atom is 0.252 e. The second kappa shape index (κ2) is 23.0. The van der Waals surface area contributed by atoms with Crippen molar-refractivity contribution >= 4 is 160 Å². The maximum absolute atomic E-state index is 10.0. The van der Waals surface area contributed by atoms with E-state index in [9.17, 15) is 19.2 Å². The summed E-state index contributed by atoms with van der Waals surface area (Å²) in [6.07, 6.45) is 0. The molecule has 0 amide bonds. The first kappa shape index (κ1) is 46.2. The van der Waals surface area contributed by atoms with E-state index >= 15 is 0 Å². The van der Waals surface area contributed by atoms with Crippen LogP contribution < -0.4 is 26.2 Å². The van der Waals surface area contributed by atoms with Gasteiger partial charge < -0.3 is 23.3 Å². The predicted octanol–water partition coefficient (Wildman–Crippen LogP) is 24.8. The van der Waals surface area contributed by atoms with Crippen LogP contribution in [0.1, 0.15) is 48.3 Å². The highest BCUT2D eigenvalue weighted by Gasteiger charge is 2.47. The lowest BCUT2D eigenvalue weighted by atomic mass is 9.33. The summed E-state index contributed by atoms with van der Waals surface area (Å²) in [7, 11) is 0. The van der Waals surface area contributed by atoms with Crippen LogP contribution in [0, 0.1) is 0 Å². The Labute approximate surface area is 636 Å². The summed E-state index contributed by atoms with van der Waals surface area (Å²) >= 11 is 0. The van der Waals surface area contributed by atoms with Crippen molar-refractivity contribution in [2.75, 3.05) is 9.80 Å². The zero-order valence-electron chi connectivity index (χ0n) is 73.6. The molecule has 5 nitrogen and oxygen atoms in total. The molecule has 2 aliphatic heterocycles. The van der Waals surface area contributed by atoms with Crippen molar-refractivity contribution in [3.63, 3.8) is 0 Å². The first-order valence-corrected chi connectivity index (χ1v) is 35.7. The Balaban J connectivity index is 1.00. The largest absolute Gasteiger partial charge is 0.311 e. The Morgan fingerprint density at radius 2 is 0.698 bits per heavy atom. The van der Waals surface area contributed by atoms with Crippen LogP contribution in [0.4, 0.5) is 34.1 Å². The molecule has 0 fully saturated rings. The number of hydrogen-bond acceptors (Lipinski definition) is 2. The molecule has 16 aromatic carbocycles. The lowest BCUT2D eigenvalue weighted by Gasteiger charge is -2.45. The summed E-state index contributed by atoms with van der Waals surface area (Å²) in [6.45, 7) is 5.82. The minimum Gasteiger partial charge on any atom is -0.311 e. The lowest BCUT2D eigenvalue weighted by molar-refractivity contribution is 0.591. The average molecular weight is 1370 g/mol. The molecule has 2 aliphatic rings. The van der Waals surface area contributed by atoms with E-state index in [2.05, 4.69) is 205 Å². The molecular weight excluding hydrogens is 1280 g/mol. The standard InChI is InChI=1S/C100H68BN5/c1-100(2,3)67-58-82(65-30-9-5-10-31-65)98(83(59-67)66-32-11-6-12-33-66)106-92-61-70(104-88-47-24-20-41-78(88)79-42-21-25-48-89(79)104)55-57-85(92)101-84-56-54-69(103-86-45-22-18-39-76(86)77-40-19-23-46-87(77)103)60-91(84)102(68-52-50-64(51-53-68)63-28-7-4-8-29-63)94-62-93-95(99(106)96(94)101)81-44-27-43-80-74-37-16-14-35-72(74)71-34-13-15-36-73(71)75-38-17-26-49-90(75)105(93)97(80)81/h4-62H,1-3H3/i18D,19D,20D,21D,22D,23D,24D,25D,39D,40D,41D,42D,45D,46D,47D,48D. The molecule has 0 saturated carbocycles. The van der Waals surface area contributed by atoms with E-state index in [1.54, 1.807) is 9.13 Å². The van der Waals surface area contributed by atoms with Gasteiger partial charge in [-0.3, -0.25) is 0 Å². The topological polar surface area (TPSA) is 20.8 Å². The molecule has 22 rings (SSSR count). The van der Waals surface area contributed by atoms with Crippen molar-refractivity contribution in [2.45, 2.75) is 26.2 Å². The molecule has 6 heterocycles. The molecule has 0 spiro atoms. The van der Waals surface area contributed by atoms with Crippen LogP contribution in [0.3, 0.4) is 0 Å². The Hall–Kier alpha value is -13.4. The smallest absolute Gasteiger partial charge is 0.252 e. The quantitative estimate of drug-likeness (QED) is 0.148. The number of hydrogen-bond donors (Lipinski definition) is 0. The van der Waals surface area contributed by atoms with Crippen LogP contribution in [0.5, 0.6) is 0 Å². The molecule has 4 aromatic heterocycles. The summed E-state index contributed by atoms with van der Waals surface area (Å²) in [5.74, 6) is 0. The van der Waals surface area contributed by atoms with E-state index in [1.807, 2.05) is 91.0 Å². The van der Waals surface area contributed by atoms with Crippen molar-refractivity contribution < 1.29 is 21.9 Å². The summed E-state index contributed by atoms with van der Waals surface area (Å²) < 4.78 is 158. The maximum atomic E-state index is 10.0. The van der Waals surface area contributed by atoms with E-state index in [0.717, 1.165) is 126 Å². The molecule has 20 aromatic rings. The lowest BCUT2D eigenvalue weighted by Crippen LogP contribution is -2.61. The first-order valence-electron chi connectivity index (χ1n) is 43.7. The third-order valence-electron chi connectivity index (χ3n) is 22.0. The van der Waals surface area contributed by atoms with Crippen LogP contribution >= 0.6 is 0 Å². The van der Waals surface area contributed by atoms with Crippen molar-refractivity contribution in [3.05, 3.63) is 363 Å². The number of nitrogens with zero attached hydrogens (tertiary/aromatic N) is 5. The van der Waals surface area contributed by atoms with Gasteiger partial charge in [0.15, 0.2) is 0 Å². The van der Waals surface area contributed by atoms with Gasteiger partial charge in [0.25, 0.3) is 6.71 Å². The Morgan fingerprint density at radius 3 is 1.21 bits per heavy atom. The van der Waals surface area contributed by atoms with Crippen molar-refractivity contribution in [1.82, 2.24) is 13.5 Å². The minimum absolute atomic E-state index is 0.0525.